The second-order valence-electron chi connectivity index (χ2n) is 4.14. The van der Waals surface area contributed by atoms with Crippen LogP contribution in [0.5, 0.6) is 0 Å². The summed E-state index contributed by atoms with van der Waals surface area (Å²) in [5.41, 5.74) is 6.12. The normalized spacial score (nSPS) is 12.9. The molecule has 1 heterocycles. The number of hydrogen-bond donors (Lipinski definition) is 1. The van der Waals surface area contributed by atoms with Crippen LogP contribution in [0.4, 0.5) is 0 Å². The molecule has 0 spiro atoms. The summed E-state index contributed by atoms with van der Waals surface area (Å²) in [7, 11) is 0. The lowest BCUT2D eigenvalue weighted by Crippen LogP contribution is -2.14. The number of fused-ring (bicyclic) bond motifs is 1. The van der Waals surface area contributed by atoms with E-state index in [4.69, 9.17) is 21.8 Å². The van der Waals surface area contributed by atoms with Gasteiger partial charge in [0, 0.05) is 16.3 Å². The molecule has 0 amide bonds. The fourth-order valence-electron chi connectivity index (χ4n) is 1.76. The predicted octanol–water partition coefficient (Wildman–Crippen LogP) is 3.25. The fraction of sp³-hybridized carbons (Fsp3) is 0.308. The van der Waals surface area contributed by atoms with Gasteiger partial charge in [-0.1, -0.05) is 18.5 Å². The summed E-state index contributed by atoms with van der Waals surface area (Å²) in [6, 6.07) is 7.02. The lowest BCUT2D eigenvalue weighted by atomic mass is 10.0. The molecule has 1 aromatic heterocycles. The van der Waals surface area contributed by atoms with Gasteiger partial charge in [-0.3, -0.25) is 4.79 Å². The van der Waals surface area contributed by atoms with Crippen LogP contribution in [0.3, 0.4) is 0 Å². The molecule has 0 saturated carbocycles. The van der Waals surface area contributed by atoms with Crippen molar-refractivity contribution < 1.29 is 9.21 Å². The Bertz CT molecular complexity index is 547. The Morgan fingerprint density at radius 3 is 2.94 bits per heavy atom. The summed E-state index contributed by atoms with van der Waals surface area (Å²) in [6.07, 6.45) is 0.663. The molecular formula is C13H14ClNO2. The van der Waals surface area contributed by atoms with E-state index in [0.29, 0.717) is 29.3 Å². The van der Waals surface area contributed by atoms with E-state index in [9.17, 15) is 4.79 Å². The van der Waals surface area contributed by atoms with Crippen molar-refractivity contribution in [2.45, 2.75) is 13.3 Å². The van der Waals surface area contributed by atoms with Crippen LogP contribution in [0.2, 0.25) is 5.02 Å². The predicted molar refractivity (Wildman–Crippen MR) is 68.4 cm³/mol. The molecular weight excluding hydrogens is 238 g/mol. The van der Waals surface area contributed by atoms with Gasteiger partial charge in [-0.15, -0.1) is 0 Å². The van der Waals surface area contributed by atoms with E-state index >= 15 is 0 Å². The molecule has 0 aliphatic heterocycles. The summed E-state index contributed by atoms with van der Waals surface area (Å²) in [6.45, 7) is 2.36. The van der Waals surface area contributed by atoms with E-state index < -0.39 is 0 Å². The quantitative estimate of drug-likeness (QED) is 0.849. The molecule has 0 fully saturated rings. The van der Waals surface area contributed by atoms with Gasteiger partial charge in [0.1, 0.15) is 5.58 Å². The van der Waals surface area contributed by atoms with Crippen molar-refractivity contribution in [1.82, 2.24) is 0 Å². The minimum atomic E-state index is -0.115. The van der Waals surface area contributed by atoms with Crippen LogP contribution in [0.1, 0.15) is 23.9 Å². The Morgan fingerprint density at radius 1 is 1.47 bits per heavy atom. The summed E-state index contributed by atoms with van der Waals surface area (Å²) < 4.78 is 5.50. The molecule has 1 aromatic carbocycles. The molecule has 90 valence electrons. The topological polar surface area (TPSA) is 56.2 Å². The largest absolute Gasteiger partial charge is 0.453 e. The van der Waals surface area contributed by atoms with E-state index in [1.165, 1.54) is 0 Å². The zero-order chi connectivity index (χ0) is 12.4. The number of benzene rings is 1. The first-order valence-electron chi connectivity index (χ1n) is 5.55. The van der Waals surface area contributed by atoms with Crippen LogP contribution in [0, 0.1) is 5.92 Å². The van der Waals surface area contributed by atoms with Crippen molar-refractivity contribution in [3.63, 3.8) is 0 Å². The third-order valence-corrected chi connectivity index (χ3v) is 3.00. The molecule has 0 aliphatic rings. The average Bonchev–Trinajstić information content (AvgIpc) is 2.71. The number of carbonyl (C=O) groups is 1. The lowest BCUT2D eigenvalue weighted by Gasteiger charge is -2.05. The Labute approximate surface area is 105 Å². The Morgan fingerprint density at radius 2 is 2.24 bits per heavy atom. The highest BCUT2D eigenvalue weighted by atomic mass is 35.5. The summed E-state index contributed by atoms with van der Waals surface area (Å²) in [5, 5.41) is 1.48. The van der Waals surface area contributed by atoms with Crippen LogP contribution in [-0.2, 0) is 0 Å². The molecule has 0 saturated heterocycles. The highest BCUT2D eigenvalue weighted by molar-refractivity contribution is 6.31. The minimum absolute atomic E-state index is 0.0113. The van der Waals surface area contributed by atoms with Gasteiger partial charge in [0.25, 0.3) is 0 Å². The zero-order valence-corrected chi connectivity index (χ0v) is 10.3. The van der Waals surface area contributed by atoms with E-state index in [-0.39, 0.29) is 11.7 Å². The Balaban J connectivity index is 2.33. The van der Waals surface area contributed by atoms with Crippen LogP contribution in [0.15, 0.2) is 28.7 Å². The maximum atomic E-state index is 12.0. The van der Waals surface area contributed by atoms with Gasteiger partial charge in [0.2, 0.25) is 5.78 Å². The molecule has 2 rings (SSSR count). The third-order valence-electron chi connectivity index (χ3n) is 2.77. The number of hydrogen-bond acceptors (Lipinski definition) is 3. The van der Waals surface area contributed by atoms with E-state index in [0.717, 1.165) is 5.39 Å². The third kappa shape index (κ3) is 2.51. The van der Waals surface area contributed by atoms with Gasteiger partial charge in [-0.2, -0.15) is 0 Å². The molecule has 4 heteroatoms. The van der Waals surface area contributed by atoms with Crippen LogP contribution >= 0.6 is 11.6 Å². The maximum Gasteiger partial charge on any atom is 0.200 e. The number of carbonyl (C=O) groups excluding carboxylic acids is 1. The van der Waals surface area contributed by atoms with Crippen LogP contribution in [0.25, 0.3) is 11.0 Å². The SMILES string of the molecule is CC(CCN)C(=O)c1cc2cc(Cl)ccc2o1. The molecule has 2 aromatic rings. The van der Waals surface area contributed by atoms with E-state index in [2.05, 4.69) is 0 Å². The second-order valence-corrected chi connectivity index (χ2v) is 4.57. The van der Waals surface area contributed by atoms with Gasteiger partial charge in [0.05, 0.1) is 0 Å². The van der Waals surface area contributed by atoms with E-state index in [1.54, 1.807) is 24.3 Å². The standard InChI is InChI=1S/C13H14ClNO2/c1-8(4-5-15)13(16)12-7-9-6-10(14)2-3-11(9)17-12/h2-3,6-8H,4-5,15H2,1H3. The monoisotopic (exact) mass is 251 g/mol. The molecule has 2 N–H and O–H groups in total. The van der Waals surface area contributed by atoms with Crippen molar-refractivity contribution in [2.75, 3.05) is 6.54 Å². The maximum absolute atomic E-state index is 12.0. The van der Waals surface area contributed by atoms with Crippen molar-refractivity contribution >= 4 is 28.4 Å². The second kappa shape index (κ2) is 4.90. The van der Waals surface area contributed by atoms with Crippen molar-refractivity contribution in [3.8, 4) is 0 Å². The van der Waals surface area contributed by atoms with Gasteiger partial charge in [-0.25, -0.2) is 0 Å². The molecule has 0 bridgehead atoms. The molecule has 0 radical (unpaired) electrons. The summed E-state index contributed by atoms with van der Waals surface area (Å²) in [5.74, 6) is 0.252. The first kappa shape index (κ1) is 12.1. The van der Waals surface area contributed by atoms with Crippen molar-refractivity contribution in [1.29, 1.82) is 0 Å². The van der Waals surface area contributed by atoms with Crippen LogP contribution in [-0.4, -0.2) is 12.3 Å². The fourth-order valence-corrected chi connectivity index (χ4v) is 1.94. The number of furan rings is 1. The number of halogens is 1. The molecule has 17 heavy (non-hydrogen) atoms. The lowest BCUT2D eigenvalue weighted by molar-refractivity contribution is 0.0899. The molecule has 1 unspecified atom stereocenters. The molecule has 0 aliphatic carbocycles. The summed E-state index contributed by atoms with van der Waals surface area (Å²) >= 11 is 5.88. The van der Waals surface area contributed by atoms with Gasteiger partial charge in [0.15, 0.2) is 5.76 Å². The number of Topliss-reactive ketones (excluding diaryl/α,β-unsaturated/α-hetero) is 1. The molecule has 3 nitrogen and oxygen atoms in total. The zero-order valence-electron chi connectivity index (χ0n) is 9.57. The minimum Gasteiger partial charge on any atom is -0.453 e. The van der Waals surface area contributed by atoms with Gasteiger partial charge in [-0.05, 0) is 37.2 Å². The van der Waals surface area contributed by atoms with E-state index in [1.807, 2.05) is 6.92 Å². The number of nitrogens with two attached hydrogens (primary N) is 1. The number of rotatable bonds is 4. The Kier molecular flexibility index (Phi) is 3.50. The Hall–Kier alpha value is -1.32. The van der Waals surface area contributed by atoms with Gasteiger partial charge < -0.3 is 10.2 Å². The summed E-state index contributed by atoms with van der Waals surface area (Å²) in [4.78, 5) is 12.0. The smallest absolute Gasteiger partial charge is 0.200 e. The van der Waals surface area contributed by atoms with Crippen LogP contribution < -0.4 is 5.73 Å². The average molecular weight is 252 g/mol. The van der Waals surface area contributed by atoms with Crippen molar-refractivity contribution in [3.05, 3.63) is 35.0 Å². The number of ketones is 1. The molecule has 1 atom stereocenters. The highest BCUT2D eigenvalue weighted by Crippen LogP contribution is 2.24. The van der Waals surface area contributed by atoms with Crippen molar-refractivity contribution in [2.24, 2.45) is 11.7 Å². The first-order valence-corrected chi connectivity index (χ1v) is 5.93. The highest BCUT2D eigenvalue weighted by Gasteiger charge is 2.18. The van der Waals surface area contributed by atoms with Gasteiger partial charge >= 0.3 is 0 Å². The first-order chi connectivity index (χ1) is 8.11.